The number of ether oxygens (including phenoxy) is 1. The Balaban J connectivity index is 1.80. The number of aryl methyl sites for hydroxylation is 2. The summed E-state index contributed by atoms with van der Waals surface area (Å²) in [6, 6.07) is 13.6. The topological polar surface area (TPSA) is 85.8 Å². The zero-order valence-corrected chi connectivity index (χ0v) is 17.3. The summed E-state index contributed by atoms with van der Waals surface area (Å²) >= 11 is 0. The van der Waals surface area contributed by atoms with Gasteiger partial charge in [0.05, 0.1) is 23.6 Å². The Morgan fingerprint density at radius 3 is 2.68 bits per heavy atom. The van der Waals surface area contributed by atoms with E-state index in [1.54, 1.807) is 25.1 Å². The van der Waals surface area contributed by atoms with Crippen LogP contribution in [-0.4, -0.2) is 17.7 Å². The lowest BCUT2D eigenvalue weighted by atomic mass is 9.98. The lowest BCUT2D eigenvalue weighted by Crippen LogP contribution is -2.29. The molecular weight excluding hydrogens is 396 g/mol. The maximum absolute atomic E-state index is 13.6. The van der Waals surface area contributed by atoms with E-state index in [-0.39, 0.29) is 16.8 Å². The molecule has 1 amide bonds. The number of nitrogens with zero attached hydrogens (tertiary/aromatic N) is 2. The van der Waals surface area contributed by atoms with Crippen molar-refractivity contribution in [2.45, 2.75) is 26.8 Å². The monoisotopic (exact) mass is 416 g/mol. The van der Waals surface area contributed by atoms with Crippen LogP contribution >= 0.6 is 0 Å². The average molecular weight is 416 g/mol. The van der Waals surface area contributed by atoms with Crippen LogP contribution in [-0.2, 0) is 0 Å². The molecule has 5 rings (SSSR count). The number of hydrogen-bond acceptors (Lipinski definition) is 6. The fourth-order valence-corrected chi connectivity index (χ4v) is 4.05. The second kappa shape index (κ2) is 7.12. The van der Waals surface area contributed by atoms with E-state index in [1.807, 2.05) is 44.2 Å². The molecule has 1 aliphatic heterocycles. The minimum absolute atomic E-state index is 0.0221. The van der Waals surface area contributed by atoms with E-state index < -0.39 is 11.9 Å². The van der Waals surface area contributed by atoms with Gasteiger partial charge in [-0.2, -0.15) is 0 Å². The fraction of sp³-hybridized carbons (Fsp3) is 0.208. The Morgan fingerprint density at radius 2 is 1.94 bits per heavy atom. The zero-order chi connectivity index (χ0) is 21.7. The molecule has 0 saturated carbocycles. The lowest BCUT2D eigenvalue weighted by molar-refractivity contribution is 0.0969. The molecule has 1 unspecified atom stereocenters. The molecular formula is C24H20N2O5. The third kappa shape index (κ3) is 3.01. The van der Waals surface area contributed by atoms with E-state index in [1.165, 1.54) is 4.90 Å². The molecule has 7 nitrogen and oxygen atoms in total. The Labute approximate surface area is 177 Å². The molecule has 2 aromatic carbocycles. The zero-order valence-electron chi connectivity index (χ0n) is 17.3. The average Bonchev–Trinajstić information content (AvgIpc) is 3.30. The molecule has 2 aromatic heterocycles. The molecule has 7 heteroatoms. The molecule has 0 N–H and O–H groups in total. The van der Waals surface area contributed by atoms with Crippen LogP contribution in [0.25, 0.3) is 11.0 Å². The van der Waals surface area contributed by atoms with Crippen LogP contribution in [0.1, 0.15) is 46.0 Å². The van der Waals surface area contributed by atoms with E-state index in [9.17, 15) is 9.59 Å². The van der Waals surface area contributed by atoms with Gasteiger partial charge in [0.2, 0.25) is 5.76 Å². The largest absolute Gasteiger partial charge is 0.494 e. The molecule has 31 heavy (non-hydrogen) atoms. The summed E-state index contributed by atoms with van der Waals surface area (Å²) in [5.41, 5.74) is 2.09. The first-order valence-electron chi connectivity index (χ1n) is 10.0. The van der Waals surface area contributed by atoms with E-state index in [4.69, 9.17) is 13.7 Å². The van der Waals surface area contributed by atoms with E-state index in [0.717, 1.165) is 11.1 Å². The van der Waals surface area contributed by atoms with Gasteiger partial charge in [-0.3, -0.25) is 14.5 Å². The van der Waals surface area contributed by atoms with Crippen molar-refractivity contribution in [2.75, 3.05) is 11.5 Å². The summed E-state index contributed by atoms with van der Waals surface area (Å²) in [6.07, 6.45) is 0. The number of benzene rings is 2. The number of carbonyl (C=O) groups is 1. The normalized spacial score (nSPS) is 15.5. The SMILES string of the molecule is CCOc1cccc(C2c3c(oc4ccc(C)cc4c3=O)C(=O)N2c2cc(C)on2)c1. The van der Waals surface area contributed by atoms with Gasteiger partial charge in [-0.25, -0.2) is 0 Å². The van der Waals surface area contributed by atoms with Crippen LogP contribution in [0, 0.1) is 13.8 Å². The van der Waals surface area contributed by atoms with Gasteiger partial charge in [0, 0.05) is 6.07 Å². The van der Waals surface area contributed by atoms with Crippen molar-refractivity contribution in [3.05, 3.63) is 87.0 Å². The molecule has 1 atom stereocenters. The maximum atomic E-state index is 13.6. The van der Waals surface area contributed by atoms with Gasteiger partial charge < -0.3 is 13.7 Å². The predicted octanol–water partition coefficient (Wildman–Crippen LogP) is 4.55. The minimum Gasteiger partial charge on any atom is -0.494 e. The number of aromatic nitrogens is 1. The quantitative estimate of drug-likeness (QED) is 0.485. The summed E-state index contributed by atoms with van der Waals surface area (Å²) in [5, 5.41) is 4.47. The highest BCUT2D eigenvalue weighted by molar-refractivity contribution is 6.10. The van der Waals surface area contributed by atoms with E-state index in [0.29, 0.717) is 34.9 Å². The predicted molar refractivity (Wildman–Crippen MR) is 115 cm³/mol. The number of anilines is 1. The Kier molecular flexibility index (Phi) is 4.39. The highest BCUT2D eigenvalue weighted by Crippen LogP contribution is 2.41. The lowest BCUT2D eigenvalue weighted by Gasteiger charge is -2.22. The third-order valence-corrected chi connectivity index (χ3v) is 5.37. The molecule has 0 fully saturated rings. The van der Waals surface area contributed by atoms with Crippen molar-refractivity contribution in [2.24, 2.45) is 0 Å². The smallest absolute Gasteiger partial charge is 0.296 e. The van der Waals surface area contributed by atoms with Gasteiger partial charge in [-0.15, -0.1) is 0 Å². The standard InChI is InChI=1S/C24H20N2O5/c1-4-29-16-7-5-6-15(12-16)21-20-22(27)17-10-13(2)8-9-18(17)30-23(20)24(28)26(21)19-11-14(3)31-25-19/h5-12,21H,4H2,1-3H3. The summed E-state index contributed by atoms with van der Waals surface area (Å²) in [4.78, 5) is 28.5. The van der Waals surface area contributed by atoms with Crippen molar-refractivity contribution in [3.8, 4) is 5.75 Å². The fourth-order valence-electron chi connectivity index (χ4n) is 4.05. The minimum atomic E-state index is -0.714. The molecule has 0 bridgehead atoms. The molecule has 4 aromatic rings. The summed E-state index contributed by atoms with van der Waals surface area (Å²) < 4.78 is 16.8. The molecule has 0 radical (unpaired) electrons. The summed E-state index contributed by atoms with van der Waals surface area (Å²) in [6.45, 7) is 6.05. The van der Waals surface area contributed by atoms with Gasteiger partial charge in [0.15, 0.2) is 11.2 Å². The second-order valence-electron chi connectivity index (χ2n) is 7.55. The van der Waals surface area contributed by atoms with Crippen LogP contribution in [0.2, 0.25) is 0 Å². The maximum Gasteiger partial charge on any atom is 0.296 e. The molecule has 1 aliphatic rings. The summed E-state index contributed by atoms with van der Waals surface area (Å²) in [5.74, 6) is 1.11. The third-order valence-electron chi connectivity index (χ3n) is 5.37. The molecule has 156 valence electrons. The van der Waals surface area contributed by atoms with Gasteiger partial charge in [-0.05, 0) is 50.6 Å². The van der Waals surface area contributed by atoms with Crippen LogP contribution in [0.15, 0.2) is 62.3 Å². The number of rotatable bonds is 4. The van der Waals surface area contributed by atoms with Crippen molar-refractivity contribution in [1.29, 1.82) is 0 Å². The number of carbonyl (C=O) groups excluding carboxylic acids is 1. The highest BCUT2D eigenvalue weighted by atomic mass is 16.5. The van der Waals surface area contributed by atoms with Crippen molar-refractivity contribution in [1.82, 2.24) is 5.16 Å². The summed E-state index contributed by atoms with van der Waals surface area (Å²) in [7, 11) is 0. The molecule has 0 spiro atoms. The number of fused-ring (bicyclic) bond motifs is 2. The van der Waals surface area contributed by atoms with Crippen LogP contribution in [0.4, 0.5) is 5.82 Å². The first-order chi connectivity index (χ1) is 15.0. The number of amides is 1. The van der Waals surface area contributed by atoms with E-state index >= 15 is 0 Å². The Morgan fingerprint density at radius 1 is 1.10 bits per heavy atom. The molecule has 3 heterocycles. The van der Waals surface area contributed by atoms with Crippen molar-refractivity contribution in [3.63, 3.8) is 0 Å². The first kappa shape index (κ1) is 19.1. The Hall–Kier alpha value is -3.87. The molecule has 0 aliphatic carbocycles. The van der Waals surface area contributed by atoms with E-state index in [2.05, 4.69) is 5.16 Å². The van der Waals surface area contributed by atoms with Crippen LogP contribution in [0.3, 0.4) is 0 Å². The van der Waals surface area contributed by atoms with Gasteiger partial charge in [0.1, 0.15) is 17.1 Å². The van der Waals surface area contributed by atoms with Gasteiger partial charge >= 0.3 is 0 Å². The van der Waals surface area contributed by atoms with Crippen LogP contribution < -0.4 is 15.1 Å². The number of hydrogen-bond donors (Lipinski definition) is 0. The van der Waals surface area contributed by atoms with Gasteiger partial charge in [0.25, 0.3) is 5.91 Å². The first-order valence-corrected chi connectivity index (χ1v) is 10.0. The molecule has 0 saturated heterocycles. The van der Waals surface area contributed by atoms with Crippen molar-refractivity contribution >= 4 is 22.7 Å². The van der Waals surface area contributed by atoms with Crippen molar-refractivity contribution < 1.29 is 18.5 Å². The Bertz CT molecular complexity index is 1380. The van der Waals surface area contributed by atoms with Crippen LogP contribution in [0.5, 0.6) is 5.75 Å². The van der Waals surface area contributed by atoms with Gasteiger partial charge in [-0.1, -0.05) is 28.9 Å². The highest BCUT2D eigenvalue weighted by Gasteiger charge is 2.45. The second-order valence-corrected chi connectivity index (χ2v) is 7.55.